The van der Waals surface area contributed by atoms with Crippen molar-refractivity contribution in [2.45, 2.75) is 38.2 Å². The normalized spacial score (nSPS) is 37.9. The summed E-state index contributed by atoms with van der Waals surface area (Å²) in [6.45, 7) is 0. The number of aromatic nitrogens is 1. The molecule has 106 valence electrons. The third-order valence-corrected chi connectivity index (χ3v) is 5.41. The molecule has 1 aromatic rings. The molecule has 0 radical (unpaired) electrons. The van der Waals surface area contributed by atoms with E-state index in [4.69, 9.17) is 4.74 Å². The van der Waals surface area contributed by atoms with Crippen molar-refractivity contribution in [1.29, 1.82) is 0 Å². The van der Waals surface area contributed by atoms with Crippen LogP contribution in [0.3, 0.4) is 0 Å². The molecule has 0 amide bonds. The number of rotatable bonds is 3. The number of carboxylic acid groups (broad SMARTS) is 1. The maximum Gasteiger partial charge on any atom is 0.341 e. The van der Waals surface area contributed by atoms with Crippen LogP contribution in [0.5, 0.6) is 5.75 Å². The standard InChI is InChI=1S/C16H19NO3/c18-16(19)13-8-17-2-1-14(13)20-15-11-4-9-3-10(6-11)7-12(15)5-9/h1-2,8-12,15H,3-7H2,(H,18,19). The Morgan fingerprint density at radius 3 is 2.40 bits per heavy atom. The van der Waals surface area contributed by atoms with Crippen molar-refractivity contribution in [3.8, 4) is 5.75 Å². The van der Waals surface area contributed by atoms with E-state index < -0.39 is 5.97 Å². The van der Waals surface area contributed by atoms with Crippen LogP contribution in [0.4, 0.5) is 0 Å². The molecule has 0 unspecified atom stereocenters. The van der Waals surface area contributed by atoms with E-state index in [2.05, 4.69) is 4.98 Å². The van der Waals surface area contributed by atoms with Crippen molar-refractivity contribution in [2.24, 2.45) is 23.7 Å². The molecule has 4 heteroatoms. The van der Waals surface area contributed by atoms with Crippen LogP contribution in [0.1, 0.15) is 42.5 Å². The van der Waals surface area contributed by atoms with Crippen molar-refractivity contribution in [3.63, 3.8) is 0 Å². The number of pyridine rings is 1. The Bertz CT molecular complexity index is 514. The first kappa shape index (κ1) is 12.2. The molecule has 4 nitrogen and oxygen atoms in total. The van der Waals surface area contributed by atoms with E-state index in [9.17, 15) is 9.90 Å². The van der Waals surface area contributed by atoms with Crippen LogP contribution in [0.2, 0.25) is 0 Å². The Labute approximate surface area is 118 Å². The summed E-state index contributed by atoms with van der Waals surface area (Å²) >= 11 is 0. The highest BCUT2D eigenvalue weighted by atomic mass is 16.5. The van der Waals surface area contributed by atoms with E-state index in [-0.39, 0.29) is 11.7 Å². The van der Waals surface area contributed by atoms with Gasteiger partial charge in [0.2, 0.25) is 0 Å². The highest BCUT2D eigenvalue weighted by molar-refractivity contribution is 5.90. The highest BCUT2D eigenvalue weighted by Gasteiger charge is 2.49. The van der Waals surface area contributed by atoms with Crippen LogP contribution in [0.25, 0.3) is 0 Å². The molecule has 1 heterocycles. The van der Waals surface area contributed by atoms with Gasteiger partial charge in [-0.2, -0.15) is 0 Å². The van der Waals surface area contributed by atoms with Crippen LogP contribution in [-0.2, 0) is 0 Å². The largest absolute Gasteiger partial charge is 0.489 e. The molecule has 1 aromatic heterocycles. The maximum absolute atomic E-state index is 11.2. The van der Waals surface area contributed by atoms with Gasteiger partial charge < -0.3 is 9.84 Å². The second-order valence-electron chi connectivity index (χ2n) is 6.69. The molecule has 0 aliphatic heterocycles. The Balaban J connectivity index is 1.59. The zero-order valence-corrected chi connectivity index (χ0v) is 11.4. The number of nitrogens with zero attached hydrogens (tertiary/aromatic N) is 1. The number of carboxylic acids is 1. The van der Waals surface area contributed by atoms with E-state index in [1.54, 1.807) is 12.3 Å². The number of ether oxygens (including phenoxy) is 1. The summed E-state index contributed by atoms with van der Waals surface area (Å²) in [5.41, 5.74) is 0.182. The molecular weight excluding hydrogens is 254 g/mol. The van der Waals surface area contributed by atoms with Gasteiger partial charge in [-0.3, -0.25) is 4.98 Å². The summed E-state index contributed by atoms with van der Waals surface area (Å²) in [4.78, 5) is 15.1. The molecule has 20 heavy (non-hydrogen) atoms. The number of carbonyl (C=O) groups is 1. The van der Waals surface area contributed by atoms with Gasteiger partial charge in [0.05, 0.1) is 0 Å². The zero-order chi connectivity index (χ0) is 13.7. The topological polar surface area (TPSA) is 59.4 Å². The first-order chi connectivity index (χ1) is 9.70. The lowest BCUT2D eigenvalue weighted by atomic mass is 9.55. The summed E-state index contributed by atoms with van der Waals surface area (Å²) in [5.74, 6) is 2.58. The molecule has 5 rings (SSSR count). The molecule has 4 fully saturated rings. The van der Waals surface area contributed by atoms with Crippen molar-refractivity contribution in [1.82, 2.24) is 4.98 Å². The van der Waals surface area contributed by atoms with Crippen LogP contribution in [0.15, 0.2) is 18.5 Å². The lowest BCUT2D eigenvalue weighted by Gasteiger charge is -2.53. The van der Waals surface area contributed by atoms with Gasteiger partial charge in [0.15, 0.2) is 0 Å². The summed E-state index contributed by atoms with van der Waals surface area (Å²) in [7, 11) is 0. The van der Waals surface area contributed by atoms with E-state index >= 15 is 0 Å². The van der Waals surface area contributed by atoms with Gasteiger partial charge in [0, 0.05) is 12.4 Å². The molecular formula is C16H19NO3. The SMILES string of the molecule is O=C(O)c1cnccc1OC1C2CC3CC(C2)CC1C3. The monoisotopic (exact) mass is 273 g/mol. The summed E-state index contributed by atoms with van der Waals surface area (Å²) in [6.07, 6.45) is 9.69. The Morgan fingerprint density at radius 2 is 1.80 bits per heavy atom. The average Bonchev–Trinajstić information content (AvgIpc) is 2.42. The predicted octanol–water partition coefficient (Wildman–Crippen LogP) is 2.98. The first-order valence-corrected chi connectivity index (χ1v) is 7.54. The summed E-state index contributed by atoms with van der Waals surface area (Å²) < 4.78 is 6.16. The Morgan fingerprint density at radius 1 is 1.15 bits per heavy atom. The lowest BCUT2D eigenvalue weighted by Crippen LogP contribution is -2.50. The van der Waals surface area contributed by atoms with Crippen LogP contribution < -0.4 is 4.74 Å². The number of hydrogen-bond acceptors (Lipinski definition) is 3. The van der Waals surface area contributed by atoms with E-state index in [1.165, 1.54) is 38.3 Å². The highest BCUT2D eigenvalue weighted by Crippen LogP contribution is 2.54. The number of aromatic carboxylic acids is 1. The Hall–Kier alpha value is -1.58. The maximum atomic E-state index is 11.2. The molecule has 1 N–H and O–H groups in total. The predicted molar refractivity (Wildman–Crippen MR) is 72.7 cm³/mol. The zero-order valence-electron chi connectivity index (χ0n) is 11.4. The molecule has 4 bridgehead atoms. The van der Waals surface area contributed by atoms with Crippen molar-refractivity contribution in [3.05, 3.63) is 24.0 Å². The minimum atomic E-state index is -0.961. The minimum absolute atomic E-state index is 0.182. The van der Waals surface area contributed by atoms with Gasteiger partial charge in [0.1, 0.15) is 17.4 Å². The third kappa shape index (κ3) is 1.89. The van der Waals surface area contributed by atoms with Gasteiger partial charge >= 0.3 is 5.97 Å². The molecule has 0 spiro atoms. The molecule has 0 atom stereocenters. The average molecular weight is 273 g/mol. The van der Waals surface area contributed by atoms with E-state index in [0.717, 1.165) is 11.8 Å². The Kier molecular flexibility index (Phi) is 2.72. The molecule has 4 aliphatic rings. The minimum Gasteiger partial charge on any atom is -0.489 e. The van der Waals surface area contributed by atoms with Gasteiger partial charge in [-0.25, -0.2) is 4.79 Å². The second-order valence-corrected chi connectivity index (χ2v) is 6.69. The van der Waals surface area contributed by atoms with Crippen LogP contribution >= 0.6 is 0 Å². The smallest absolute Gasteiger partial charge is 0.341 e. The van der Waals surface area contributed by atoms with Gasteiger partial charge in [-0.1, -0.05) is 0 Å². The van der Waals surface area contributed by atoms with Crippen molar-refractivity contribution in [2.75, 3.05) is 0 Å². The molecule has 0 saturated heterocycles. The molecule has 4 saturated carbocycles. The second kappa shape index (κ2) is 4.47. The van der Waals surface area contributed by atoms with Crippen LogP contribution in [0, 0.1) is 23.7 Å². The quantitative estimate of drug-likeness (QED) is 0.919. The van der Waals surface area contributed by atoms with E-state index in [0.29, 0.717) is 17.6 Å². The fourth-order valence-electron chi connectivity index (χ4n) is 4.86. The van der Waals surface area contributed by atoms with Crippen LogP contribution in [-0.4, -0.2) is 22.2 Å². The molecule has 4 aliphatic carbocycles. The van der Waals surface area contributed by atoms with E-state index in [1.807, 2.05) is 0 Å². The van der Waals surface area contributed by atoms with Crippen molar-refractivity contribution >= 4 is 5.97 Å². The van der Waals surface area contributed by atoms with Crippen molar-refractivity contribution < 1.29 is 14.6 Å². The lowest BCUT2D eigenvalue weighted by molar-refractivity contribution is -0.0792. The fourth-order valence-corrected chi connectivity index (χ4v) is 4.86. The van der Waals surface area contributed by atoms with Gasteiger partial charge in [-0.15, -0.1) is 0 Å². The fraction of sp³-hybridized carbons (Fsp3) is 0.625. The van der Waals surface area contributed by atoms with Gasteiger partial charge in [-0.05, 0) is 61.8 Å². The summed E-state index contributed by atoms with van der Waals surface area (Å²) in [6, 6.07) is 1.69. The van der Waals surface area contributed by atoms with Gasteiger partial charge in [0.25, 0.3) is 0 Å². The molecule has 0 aromatic carbocycles. The summed E-state index contributed by atoms with van der Waals surface area (Å²) in [5, 5.41) is 9.23. The first-order valence-electron chi connectivity index (χ1n) is 7.54. The third-order valence-electron chi connectivity index (χ3n) is 5.41. The number of hydrogen-bond donors (Lipinski definition) is 1.